The minimum Gasteiger partial charge on any atom is -0.506 e. The topological polar surface area (TPSA) is 72.8 Å². The SMILES string of the molecule is C=CCN1C(=O)c2cccc(O)c2Nc2c(O)cc(C)cc21. The highest BCUT2D eigenvalue weighted by Crippen LogP contribution is 2.44. The molecule has 0 fully saturated rings. The summed E-state index contributed by atoms with van der Waals surface area (Å²) in [5, 5.41) is 23.3. The molecule has 112 valence electrons. The lowest BCUT2D eigenvalue weighted by Gasteiger charge is -2.22. The maximum absolute atomic E-state index is 12.8. The Labute approximate surface area is 128 Å². The van der Waals surface area contributed by atoms with Crippen molar-refractivity contribution in [3.05, 3.63) is 54.1 Å². The zero-order chi connectivity index (χ0) is 15.9. The van der Waals surface area contributed by atoms with Gasteiger partial charge in [0, 0.05) is 6.54 Å². The van der Waals surface area contributed by atoms with Crippen LogP contribution in [0.25, 0.3) is 0 Å². The second kappa shape index (κ2) is 5.11. The van der Waals surface area contributed by atoms with Crippen LogP contribution in [0.3, 0.4) is 0 Å². The second-order valence-corrected chi connectivity index (χ2v) is 5.21. The van der Waals surface area contributed by atoms with E-state index >= 15 is 0 Å². The summed E-state index contributed by atoms with van der Waals surface area (Å²) < 4.78 is 0. The fraction of sp³-hybridized carbons (Fsp3) is 0.118. The quantitative estimate of drug-likeness (QED) is 0.587. The zero-order valence-corrected chi connectivity index (χ0v) is 12.1. The van der Waals surface area contributed by atoms with Gasteiger partial charge in [-0.05, 0) is 36.8 Å². The highest BCUT2D eigenvalue weighted by atomic mass is 16.3. The van der Waals surface area contributed by atoms with E-state index in [0.717, 1.165) is 5.56 Å². The molecule has 1 amide bonds. The number of hydrogen-bond donors (Lipinski definition) is 3. The molecule has 5 heteroatoms. The van der Waals surface area contributed by atoms with Crippen molar-refractivity contribution in [2.45, 2.75) is 6.92 Å². The van der Waals surface area contributed by atoms with E-state index in [-0.39, 0.29) is 17.4 Å². The molecule has 0 bridgehead atoms. The van der Waals surface area contributed by atoms with Crippen LogP contribution in [0.4, 0.5) is 17.1 Å². The molecule has 3 rings (SSSR count). The number of hydrogen-bond acceptors (Lipinski definition) is 4. The number of nitrogens with one attached hydrogen (secondary N) is 1. The number of anilines is 3. The van der Waals surface area contributed by atoms with Crippen molar-refractivity contribution in [1.29, 1.82) is 0 Å². The molecule has 0 saturated carbocycles. The van der Waals surface area contributed by atoms with Crippen molar-refractivity contribution in [1.82, 2.24) is 0 Å². The molecule has 0 radical (unpaired) electrons. The number of amides is 1. The monoisotopic (exact) mass is 296 g/mol. The first-order chi connectivity index (χ1) is 10.5. The summed E-state index contributed by atoms with van der Waals surface area (Å²) >= 11 is 0. The number of carbonyl (C=O) groups excluding carboxylic acids is 1. The van der Waals surface area contributed by atoms with Crippen molar-refractivity contribution >= 4 is 23.0 Å². The Balaban J connectivity index is 2.31. The van der Waals surface area contributed by atoms with Crippen LogP contribution in [-0.2, 0) is 0 Å². The van der Waals surface area contributed by atoms with Gasteiger partial charge >= 0.3 is 0 Å². The van der Waals surface area contributed by atoms with Crippen molar-refractivity contribution in [2.24, 2.45) is 0 Å². The molecule has 1 aliphatic rings. The van der Waals surface area contributed by atoms with E-state index in [9.17, 15) is 15.0 Å². The van der Waals surface area contributed by atoms with E-state index in [1.54, 1.807) is 24.3 Å². The van der Waals surface area contributed by atoms with Gasteiger partial charge in [-0.2, -0.15) is 0 Å². The number of phenols is 2. The van der Waals surface area contributed by atoms with Crippen LogP contribution < -0.4 is 10.2 Å². The van der Waals surface area contributed by atoms with Crippen LogP contribution in [0.15, 0.2) is 43.0 Å². The van der Waals surface area contributed by atoms with Gasteiger partial charge in [0.05, 0.1) is 16.9 Å². The van der Waals surface area contributed by atoms with Crippen LogP contribution in [-0.4, -0.2) is 22.7 Å². The normalized spacial score (nSPS) is 13.0. The van der Waals surface area contributed by atoms with Gasteiger partial charge in [-0.25, -0.2) is 0 Å². The molecule has 3 N–H and O–H groups in total. The third kappa shape index (κ3) is 2.07. The molecular formula is C17H16N2O3. The Bertz CT molecular complexity index is 784. The first kappa shape index (κ1) is 14.0. The first-order valence-electron chi connectivity index (χ1n) is 6.88. The predicted molar refractivity (Wildman–Crippen MR) is 86.1 cm³/mol. The molecule has 2 aromatic rings. The fourth-order valence-corrected chi connectivity index (χ4v) is 2.63. The minimum absolute atomic E-state index is 0.0213. The summed E-state index contributed by atoms with van der Waals surface area (Å²) in [6, 6.07) is 8.16. The third-order valence-electron chi connectivity index (χ3n) is 3.61. The molecule has 5 nitrogen and oxygen atoms in total. The van der Waals surface area contributed by atoms with Crippen molar-refractivity contribution in [3.8, 4) is 11.5 Å². The molecule has 1 heterocycles. The molecule has 0 atom stereocenters. The highest BCUT2D eigenvalue weighted by molar-refractivity contribution is 6.15. The summed E-state index contributed by atoms with van der Waals surface area (Å²) in [6.45, 7) is 5.82. The zero-order valence-electron chi connectivity index (χ0n) is 12.1. The molecule has 2 aromatic carbocycles. The number of para-hydroxylation sites is 1. The van der Waals surface area contributed by atoms with E-state index in [1.807, 2.05) is 13.0 Å². The fourth-order valence-electron chi connectivity index (χ4n) is 2.63. The largest absolute Gasteiger partial charge is 0.506 e. The second-order valence-electron chi connectivity index (χ2n) is 5.21. The van der Waals surface area contributed by atoms with E-state index < -0.39 is 0 Å². The summed E-state index contributed by atoms with van der Waals surface area (Å²) in [7, 11) is 0. The molecule has 0 spiro atoms. The minimum atomic E-state index is -0.262. The van der Waals surface area contributed by atoms with Crippen molar-refractivity contribution < 1.29 is 15.0 Å². The van der Waals surface area contributed by atoms with Crippen molar-refractivity contribution in [3.63, 3.8) is 0 Å². The van der Waals surface area contributed by atoms with Crippen molar-refractivity contribution in [2.75, 3.05) is 16.8 Å². The summed E-state index contributed by atoms with van der Waals surface area (Å²) in [5.41, 5.74) is 2.41. The van der Waals surface area contributed by atoms with Gasteiger partial charge in [-0.3, -0.25) is 4.79 Å². The summed E-state index contributed by atoms with van der Waals surface area (Å²) in [4.78, 5) is 14.3. The van der Waals surface area contributed by atoms with Gasteiger partial charge in [0.25, 0.3) is 5.91 Å². The van der Waals surface area contributed by atoms with Gasteiger partial charge in [-0.1, -0.05) is 12.1 Å². The Kier molecular flexibility index (Phi) is 3.25. The summed E-state index contributed by atoms with van der Waals surface area (Å²) in [5.74, 6) is -0.285. The Morgan fingerprint density at radius 2 is 2.00 bits per heavy atom. The van der Waals surface area contributed by atoms with E-state index in [0.29, 0.717) is 29.2 Å². The van der Waals surface area contributed by atoms with Crippen LogP contribution in [0, 0.1) is 6.92 Å². The van der Waals surface area contributed by atoms with E-state index in [2.05, 4.69) is 11.9 Å². The van der Waals surface area contributed by atoms with Gasteiger partial charge in [-0.15, -0.1) is 6.58 Å². The average Bonchev–Trinajstić information content (AvgIpc) is 2.58. The smallest absolute Gasteiger partial charge is 0.260 e. The number of rotatable bonds is 2. The highest BCUT2D eigenvalue weighted by Gasteiger charge is 2.29. The van der Waals surface area contributed by atoms with E-state index in [4.69, 9.17) is 0 Å². The molecule has 0 saturated heterocycles. The number of aromatic hydroxyl groups is 2. The number of benzene rings is 2. The van der Waals surface area contributed by atoms with Crippen LogP contribution >= 0.6 is 0 Å². The number of phenolic OH excluding ortho intramolecular Hbond substituents is 2. The van der Waals surface area contributed by atoms with Gasteiger partial charge < -0.3 is 20.4 Å². The standard InChI is InChI=1S/C17H16N2O3/c1-3-7-19-12-8-10(2)9-14(21)16(12)18-15-11(17(19)22)5-4-6-13(15)20/h3-6,8-9,18,20-21H,1,7H2,2H3. The molecule has 0 unspecified atom stereocenters. The molecular weight excluding hydrogens is 280 g/mol. The Hall–Kier alpha value is -2.95. The lowest BCUT2D eigenvalue weighted by molar-refractivity contribution is 0.0991. The molecule has 0 aromatic heterocycles. The third-order valence-corrected chi connectivity index (χ3v) is 3.61. The van der Waals surface area contributed by atoms with Crippen LogP contribution in [0.1, 0.15) is 15.9 Å². The summed E-state index contributed by atoms with van der Waals surface area (Å²) in [6.07, 6.45) is 1.62. The van der Waals surface area contributed by atoms with Gasteiger partial charge in [0.2, 0.25) is 0 Å². The number of aryl methyl sites for hydroxylation is 1. The maximum atomic E-state index is 12.8. The van der Waals surface area contributed by atoms with E-state index in [1.165, 1.54) is 11.0 Å². The molecule has 1 aliphatic heterocycles. The number of carbonyl (C=O) groups is 1. The lowest BCUT2D eigenvalue weighted by atomic mass is 10.1. The predicted octanol–water partition coefficient (Wildman–Crippen LogP) is 3.30. The first-order valence-corrected chi connectivity index (χ1v) is 6.88. The molecule has 0 aliphatic carbocycles. The maximum Gasteiger partial charge on any atom is 0.260 e. The Morgan fingerprint density at radius 3 is 2.73 bits per heavy atom. The number of nitrogens with zero attached hydrogens (tertiary/aromatic N) is 1. The Morgan fingerprint density at radius 1 is 1.23 bits per heavy atom. The molecule has 22 heavy (non-hydrogen) atoms. The van der Waals surface area contributed by atoms with Gasteiger partial charge in [0.15, 0.2) is 0 Å². The van der Waals surface area contributed by atoms with Crippen LogP contribution in [0.2, 0.25) is 0 Å². The van der Waals surface area contributed by atoms with Gasteiger partial charge in [0.1, 0.15) is 17.2 Å². The number of fused-ring (bicyclic) bond motifs is 2. The lowest BCUT2D eigenvalue weighted by Crippen LogP contribution is -2.30. The van der Waals surface area contributed by atoms with Crippen LogP contribution in [0.5, 0.6) is 11.5 Å². The average molecular weight is 296 g/mol.